The zero-order chi connectivity index (χ0) is 19.4. The van der Waals surface area contributed by atoms with Crippen LogP contribution in [0.15, 0.2) is 40.6 Å². The Morgan fingerprint density at radius 1 is 1.11 bits per heavy atom. The maximum absolute atomic E-state index is 12.6. The van der Waals surface area contributed by atoms with E-state index < -0.39 is 10.0 Å². The molecule has 0 saturated carbocycles. The summed E-state index contributed by atoms with van der Waals surface area (Å²) < 4.78 is 32.7. The highest BCUT2D eigenvalue weighted by molar-refractivity contribution is 7.91. The molecule has 0 unspecified atom stereocenters. The lowest BCUT2D eigenvalue weighted by Crippen LogP contribution is -2.50. The van der Waals surface area contributed by atoms with Gasteiger partial charge in [-0.1, -0.05) is 23.7 Å². The highest BCUT2D eigenvalue weighted by atomic mass is 35.5. The predicted molar refractivity (Wildman–Crippen MR) is 106 cm³/mol. The van der Waals surface area contributed by atoms with Crippen LogP contribution in [0.4, 0.5) is 0 Å². The van der Waals surface area contributed by atoms with Crippen LogP contribution < -0.4 is 4.74 Å². The summed E-state index contributed by atoms with van der Waals surface area (Å²) in [6, 6.07) is 10.6. The van der Waals surface area contributed by atoms with Gasteiger partial charge < -0.3 is 9.64 Å². The number of ether oxygens (including phenoxy) is 1. The van der Waals surface area contributed by atoms with Gasteiger partial charge in [-0.3, -0.25) is 4.79 Å². The molecule has 0 spiro atoms. The maximum Gasteiger partial charge on any atom is 0.252 e. The molecular weight excluding hydrogens is 408 g/mol. The van der Waals surface area contributed by atoms with E-state index in [1.807, 2.05) is 31.2 Å². The van der Waals surface area contributed by atoms with Gasteiger partial charge in [0.05, 0.1) is 17.4 Å². The van der Waals surface area contributed by atoms with Gasteiger partial charge in [0.25, 0.3) is 10.0 Å². The van der Waals surface area contributed by atoms with Crippen LogP contribution in [0.5, 0.6) is 5.75 Å². The lowest BCUT2D eigenvalue weighted by Gasteiger charge is -2.33. The summed E-state index contributed by atoms with van der Waals surface area (Å²) in [5, 5.41) is 0. The lowest BCUT2D eigenvalue weighted by atomic mass is 10.1. The summed E-state index contributed by atoms with van der Waals surface area (Å²) in [5.41, 5.74) is 0.909. The zero-order valence-corrected chi connectivity index (χ0v) is 17.3. The quantitative estimate of drug-likeness (QED) is 0.709. The monoisotopic (exact) mass is 428 g/mol. The number of thiophene rings is 1. The van der Waals surface area contributed by atoms with Gasteiger partial charge in [-0.2, -0.15) is 4.31 Å². The van der Waals surface area contributed by atoms with Gasteiger partial charge in [-0.15, -0.1) is 11.3 Å². The predicted octanol–water partition coefficient (Wildman–Crippen LogP) is 2.88. The summed E-state index contributed by atoms with van der Waals surface area (Å²) in [4.78, 5) is 14.2. The van der Waals surface area contributed by atoms with E-state index >= 15 is 0 Å². The highest BCUT2D eigenvalue weighted by Gasteiger charge is 2.31. The van der Waals surface area contributed by atoms with Gasteiger partial charge in [0.15, 0.2) is 0 Å². The first-order valence-electron chi connectivity index (χ1n) is 8.65. The van der Waals surface area contributed by atoms with E-state index in [-0.39, 0.29) is 23.2 Å². The standard InChI is InChI=1S/C18H21ClN2O4S2/c1-2-25-15-5-3-14(4-6-15)13-17(22)20-9-11-21(12-10-20)27(23,24)18-8-7-16(19)26-18/h3-8H,2,9-13H2,1H3. The van der Waals surface area contributed by atoms with Crippen molar-refractivity contribution in [2.75, 3.05) is 32.8 Å². The third kappa shape index (κ3) is 4.82. The second kappa shape index (κ2) is 8.60. The minimum absolute atomic E-state index is 0.00428. The molecule has 0 radical (unpaired) electrons. The Morgan fingerprint density at radius 3 is 2.33 bits per heavy atom. The average Bonchev–Trinajstić information content (AvgIpc) is 3.11. The van der Waals surface area contributed by atoms with Gasteiger partial charge in [0.2, 0.25) is 5.91 Å². The third-order valence-corrected chi connectivity index (χ3v) is 7.92. The SMILES string of the molecule is CCOc1ccc(CC(=O)N2CCN(S(=O)(=O)c3ccc(Cl)s3)CC2)cc1. The molecule has 0 aliphatic carbocycles. The summed E-state index contributed by atoms with van der Waals surface area (Å²) >= 11 is 6.90. The molecule has 1 fully saturated rings. The Kier molecular flexibility index (Phi) is 6.41. The van der Waals surface area contributed by atoms with Gasteiger partial charge >= 0.3 is 0 Å². The number of sulfonamides is 1. The topological polar surface area (TPSA) is 66.9 Å². The van der Waals surface area contributed by atoms with E-state index in [4.69, 9.17) is 16.3 Å². The number of carbonyl (C=O) groups excluding carboxylic acids is 1. The molecule has 9 heteroatoms. The summed E-state index contributed by atoms with van der Waals surface area (Å²) in [5.74, 6) is 0.775. The van der Waals surface area contributed by atoms with Gasteiger partial charge in [0.1, 0.15) is 9.96 Å². The Hall–Kier alpha value is -1.61. The molecule has 2 aromatic rings. The molecule has 0 N–H and O–H groups in total. The van der Waals surface area contributed by atoms with E-state index in [0.29, 0.717) is 30.5 Å². The minimum atomic E-state index is -3.54. The van der Waals surface area contributed by atoms with Crippen molar-refractivity contribution in [2.24, 2.45) is 0 Å². The van der Waals surface area contributed by atoms with Crippen molar-refractivity contribution in [3.05, 3.63) is 46.3 Å². The van der Waals surface area contributed by atoms with E-state index in [0.717, 1.165) is 22.6 Å². The second-order valence-electron chi connectivity index (χ2n) is 6.10. The molecule has 27 heavy (non-hydrogen) atoms. The molecule has 146 valence electrons. The third-order valence-electron chi connectivity index (χ3n) is 4.32. The van der Waals surface area contributed by atoms with Crippen LogP contribution in [-0.4, -0.2) is 56.3 Å². The van der Waals surface area contributed by atoms with Gasteiger partial charge in [-0.05, 0) is 36.8 Å². The van der Waals surface area contributed by atoms with Crippen molar-refractivity contribution in [1.82, 2.24) is 9.21 Å². The maximum atomic E-state index is 12.6. The number of hydrogen-bond acceptors (Lipinski definition) is 5. The molecule has 3 rings (SSSR count). The van der Waals surface area contributed by atoms with Gasteiger partial charge in [0, 0.05) is 26.2 Å². The first kappa shape index (κ1) is 20.1. The van der Waals surface area contributed by atoms with Crippen molar-refractivity contribution in [1.29, 1.82) is 0 Å². The van der Waals surface area contributed by atoms with Crippen molar-refractivity contribution in [2.45, 2.75) is 17.6 Å². The number of hydrogen-bond donors (Lipinski definition) is 0. The fourth-order valence-electron chi connectivity index (χ4n) is 2.90. The molecule has 1 aromatic carbocycles. The Bertz CT molecular complexity index is 888. The smallest absolute Gasteiger partial charge is 0.252 e. The zero-order valence-electron chi connectivity index (χ0n) is 14.9. The van der Waals surface area contributed by atoms with Crippen molar-refractivity contribution >= 4 is 38.9 Å². The molecule has 1 aliphatic heterocycles. The number of carbonyl (C=O) groups is 1. The molecule has 1 aliphatic rings. The number of benzene rings is 1. The van der Waals surface area contributed by atoms with Crippen LogP contribution in [0.2, 0.25) is 4.34 Å². The molecular formula is C18H21ClN2O4S2. The molecule has 1 amide bonds. The normalized spacial score (nSPS) is 15.7. The van der Waals surface area contributed by atoms with Crippen molar-refractivity contribution < 1.29 is 17.9 Å². The number of rotatable bonds is 6. The minimum Gasteiger partial charge on any atom is -0.494 e. The molecule has 1 aromatic heterocycles. The van der Waals surface area contributed by atoms with Crippen LogP contribution in [0.3, 0.4) is 0 Å². The fourth-order valence-corrected chi connectivity index (χ4v) is 5.96. The second-order valence-corrected chi connectivity index (χ2v) is 9.98. The van der Waals surface area contributed by atoms with Crippen LogP contribution >= 0.6 is 22.9 Å². The van der Waals surface area contributed by atoms with Crippen LogP contribution in [0.1, 0.15) is 12.5 Å². The summed E-state index contributed by atoms with van der Waals surface area (Å²) in [6.45, 7) is 3.86. The Labute approximate surface area is 168 Å². The van der Waals surface area contributed by atoms with E-state index in [9.17, 15) is 13.2 Å². The average molecular weight is 429 g/mol. The van der Waals surface area contributed by atoms with E-state index in [1.54, 1.807) is 11.0 Å². The van der Waals surface area contributed by atoms with Crippen LogP contribution in [0.25, 0.3) is 0 Å². The number of piperazine rings is 1. The van der Waals surface area contributed by atoms with E-state index in [2.05, 4.69) is 0 Å². The van der Waals surface area contributed by atoms with Gasteiger partial charge in [-0.25, -0.2) is 8.42 Å². The highest BCUT2D eigenvalue weighted by Crippen LogP contribution is 2.28. The largest absolute Gasteiger partial charge is 0.494 e. The number of nitrogens with zero attached hydrogens (tertiary/aromatic N) is 2. The van der Waals surface area contributed by atoms with E-state index in [1.165, 1.54) is 10.4 Å². The molecule has 0 bridgehead atoms. The fraction of sp³-hybridized carbons (Fsp3) is 0.389. The van der Waals surface area contributed by atoms with Crippen LogP contribution in [0, 0.1) is 0 Å². The number of halogens is 1. The molecule has 6 nitrogen and oxygen atoms in total. The Morgan fingerprint density at radius 2 is 1.78 bits per heavy atom. The summed E-state index contributed by atoms with van der Waals surface area (Å²) in [7, 11) is -3.54. The first-order valence-corrected chi connectivity index (χ1v) is 11.3. The molecule has 1 saturated heterocycles. The molecule has 2 heterocycles. The van der Waals surface area contributed by atoms with Crippen LogP contribution in [-0.2, 0) is 21.2 Å². The Balaban J connectivity index is 1.56. The first-order chi connectivity index (χ1) is 12.9. The molecule has 0 atom stereocenters. The van der Waals surface area contributed by atoms with Crippen molar-refractivity contribution in [3.8, 4) is 5.75 Å². The lowest BCUT2D eigenvalue weighted by molar-refractivity contribution is -0.131. The number of amides is 1. The van der Waals surface area contributed by atoms with Crippen molar-refractivity contribution in [3.63, 3.8) is 0 Å². The summed E-state index contributed by atoms with van der Waals surface area (Å²) in [6.07, 6.45) is 0.291.